The fraction of sp³-hybridized carbons (Fsp3) is 0.600. The Morgan fingerprint density at radius 2 is 2.21 bits per heavy atom. The first kappa shape index (κ1) is 14.2. The van der Waals surface area contributed by atoms with Gasteiger partial charge in [0.1, 0.15) is 5.75 Å². The van der Waals surface area contributed by atoms with Gasteiger partial charge >= 0.3 is 0 Å². The first-order valence-electron chi connectivity index (χ1n) is 6.97. The molecule has 1 aliphatic heterocycles. The Labute approximate surface area is 115 Å². The van der Waals surface area contributed by atoms with E-state index in [2.05, 4.69) is 36.2 Å². The summed E-state index contributed by atoms with van der Waals surface area (Å²) < 4.78 is 11.5. The van der Waals surface area contributed by atoms with E-state index in [1.165, 1.54) is 5.69 Å². The average Bonchev–Trinajstić information content (AvgIpc) is 2.40. The fourth-order valence-electron chi connectivity index (χ4n) is 2.42. The summed E-state index contributed by atoms with van der Waals surface area (Å²) >= 11 is 0. The number of benzene rings is 1. The molecule has 0 aromatic heterocycles. The van der Waals surface area contributed by atoms with E-state index >= 15 is 0 Å². The number of para-hydroxylation sites is 2. The lowest BCUT2D eigenvalue weighted by Gasteiger charge is -2.38. The highest BCUT2D eigenvalue weighted by Gasteiger charge is 2.25. The smallest absolute Gasteiger partial charge is 0.142 e. The van der Waals surface area contributed by atoms with Gasteiger partial charge in [-0.2, -0.15) is 0 Å². The minimum Gasteiger partial charge on any atom is -0.489 e. The van der Waals surface area contributed by atoms with Crippen molar-refractivity contribution in [3.8, 4) is 5.75 Å². The topological polar surface area (TPSA) is 33.7 Å². The van der Waals surface area contributed by atoms with Crippen LogP contribution in [-0.4, -0.2) is 45.5 Å². The third-order valence-electron chi connectivity index (χ3n) is 3.20. The van der Waals surface area contributed by atoms with Crippen molar-refractivity contribution in [1.82, 2.24) is 5.32 Å². The quantitative estimate of drug-likeness (QED) is 0.880. The molecule has 1 saturated heterocycles. The normalized spacial score (nSPS) is 19.8. The highest BCUT2D eigenvalue weighted by Crippen LogP contribution is 2.31. The number of nitrogens with one attached hydrogen (secondary N) is 1. The lowest BCUT2D eigenvalue weighted by atomic mass is 10.1. The maximum Gasteiger partial charge on any atom is 0.142 e. The van der Waals surface area contributed by atoms with Crippen LogP contribution in [0.2, 0.25) is 0 Å². The first-order chi connectivity index (χ1) is 9.22. The zero-order chi connectivity index (χ0) is 13.7. The van der Waals surface area contributed by atoms with Crippen molar-refractivity contribution in [3.05, 3.63) is 24.3 Å². The van der Waals surface area contributed by atoms with Crippen LogP contribution in [0.25, 0.3) is 0 Å². The lowest BCUT2D eigenvalue weighted by molar-refractivity contribution is 0.0938. The summed E-state index contributed by atoms with van der Waals surface area (Å²) in [4.78, 5) is 2.39. The monoisotopic (exact) mass is 264 g/mol. The van der Waals surface area contributed by atoms with Gasteiger partial charge in [0.05, 0.1) is 31.0 Å². The predicted molar refractivity (Wildman–Crippen MR) is 78.1 cm³/mol. The molecule has 1 unspecified atom stereocenters. The van der Waals surface area contributed by atoms with Crippen molar-refractivity contribution in [1.29, 1.82) is 0 Å². The van der Waals surface area contributed by atoms with E-state index in [4.69, 9.17) is 9.47 Å². The first-order valence-corrected chi connectivity index (χ1v) is 6.97. The molecule has 0 radical (unpaired) electrons. The Bertz CT molecular complexity index is 393. The van der Waals surface area contributed by atoms with Gasteiger partial charge in [0, 0.05) is 13.1 Å². The Kier molecular flexibility index (Phi) is 5.05. The number of hydrogen-bond acceptors (Lipinski definition) is 4. The van der Waals surface area contributed by atoms with Crippen LogP contribution in [0, 0.1) is 0 Å². The molecular weight excluding hydrogens is 240 g/mol. The highest BCUT2D eigenvalue weighted by atomic mass is 16.5. The Balaban J connectivity index is 2.22. The standard InChI is InChI=1S/C15H24N2O2/c1-12(2)19-15-7-5-4-6-14(15)17-8-9-18-11-13(17)10-16-3/h4-7,12-13,16H,8-11H2,1-3H3. The van der Waals surface area contributed by atoms with E-state index < -0.39 is 0 Å². The highest BCUT2D eigenvalue weighted by molar-refractivity contribution is 5.59. The maximum absolute atomic E-state index is 5.92. The van der Waals surface area contributed by atoms with Crippen molar-refractivity contribution in [2.75, 3.05) is 38.3 Å². The minimum absolute atomic E-state index is 0.185. The number of anilines is 1. The Morgan fingerprint density at radius 1 is 1.42 bits per heavy atom. The molecule has 1 fully saturated rings. The zero-order valence-electron chi connectivity index (χ0n) is 12.1. The number of hydrogen-bond donors (Lipinski definition) is 1. The van der Waals surface area contributed by atoms with Gasteiger partial charge in [0.15, 0.2) is 0 Å². The molecule has 0 bridgehead atoms. The number of morpholine rings is 1. The number of ether oxygens (including phenoxy) is 2. The van der Waals surface area contributed by atoms with Crippen LogP contribution in [0.5, 0.6) is 5.75 Å². The van der Waals surface area contributed by atoms with Crippen LogP contribution in [0.4, 0.5) is 5.69 Å². The molecule has 0 spiro atoms. The summed E-state index contributed by atoms with van der Waals surface area (Å²) in [6, 6.07) is 8.62. The summed E-state index contributed by atoms with van der Waals surface area (Å²) in [5, 5.41) is 3.23. The summed E-state index contributed by atoms with van der Waals surface area (Å²) in [7, 11) is 1.98. The lowest BCUT2D eigenvalue weighted by Crippen LogP contribution is -2.50. The van der Waals surface area contributed by atoms with E-state index in [1.807, 2.05) is 19.2 Å². The van der Waals surface area contributed by atoms with Gasteiger partial charge in [0.2, 0.25) is 0 Å². The van der Waals surface area contributed by atoms with Gasteiger partial charge in [-0.25, -0.2) is 0 Å². The minimum atomic E-state index is 0.185. The number of rotatable bonds is 5. The molecule has 1 aromatic carbocycles. The van der Waals surface area contributed by atoms with Gasteiger partial charge in [0.25, 0.3) is 0 Å². The summed E-state index contributed by atoms with van der Waals surface area (Å²) in [5.41, 5.74) is 1.17. The molecule has 0 saturated carbocycles. The largest absolute Gasteiger partial charge is 0.489 e. The number of nitrogens with zero attached hydrogens (tertiary/aromatic N) is 1. The second-order valence-corrected chi connectivity index (χ2v) is 5.11. The predicted octanol–water partition coefficient (Wildman–Crippen LogP) is 1.90. The van der Waals surface area contributed by atoms with E-state index in [-0.39, 0.29) is 6.10 Å². The third kappa shape index (κ3) is 3.61. The van der Waals surface area contributed by atoms with Crippen LogP contribution < -0.4 is 15.0 Å². The average molecular weight is 264 g/mol. The molecule has 19 heavy (non-hydrogen) atoms. The van der Waals surface area contributed by atoms with Gasteiger partial charge in [-0.3, -0.25) is 0 Å². The third-order valence-corrected chi connectivity index (χ3v) is 3.20. The Hall–Kier alpha value is -1.26. The van der Waals surface area contributed by atoms with E-state index in [9.17, 15) is 0 Å². The van der Waals surface area contributed by atoms with Crippen LogP contribution >= 0.6 is 0 Å². The molecule has 1 heterocycles. The summed E-state index contributed by atoms with van der Waals surface area (Å²) in [6.07, 6.45) is 0.185. The molecule has 2 rings (SSSR count). The van der Waals surface area contributed by atoms with Gasteiger partial charge in [-0.05, 0) is 33.0 Å². The maximum atomic E-state index is 5.92. The molecular formula is C15H24N2O2. The van der Waals surface area contributed by atoms with Crippen LogP contribution in [-0.2, 0) is 4.74 Å². The molecule has 1 aromatic rings. The van der Waals surface area contributed by atoms with Crippen molar-refractivity contribution in [2.45, 2.75) is 26.0 Å². The molecule has 1 aliphatic rings. The van der Waals surface area contributed by atoms with Crippen molar-refractivity contribution in [3.63, 3.8) is 0 Å². The fourth-order valence-corrected chi connectivity index (χ4v) is 2.42. The van der Waals surface area contributed by atoms with Crippen LogP contribution in [0.1, 0.15) is 13.8 Å². The summed E-state index contributed by atoms with van der Waals surface area (Å²) in [5.74, 6) is 0.959. The van der Waals surface area contributed by atoms with E-state index in [0.29, 0.717) is 6.04 Å². The van der Waals surface area contributed by atoms with Gasteiger partial charge in [-0.15, -0.1) is 0 Å². The molecule has 1 N–H and O–H groups in total. The van der Waals surface area contributed by atoms with Crippen molar-refractivity contribution in [2.24, 2.45) is 0 Å². The van der Waals surface area contributed by atoms with Crippen LogP contribution in [0.3, 0.4) is 0 Å². The zero-order valence-corrected chi connectivity index (χ0v) is 12.1. The SMILES string of the molecule is CNCC1COCCN1c1ccccc1OC(C)C. The molecule has 106 valence electrons. The molecule has 0 aliphatic carbocycles. The van der Waals surface area contributed by atoms with E-state index in [1.54, 1.807) is 0 Å². The number of likely N-dealkylation sites (N-methyl/N-ethyl adjacent to an activating group) is 1. The Morgan fingerprint density at radius 3 is 2.95 bits per heavy atom. The second-order valence-electron chi connectivity index (χ2n) is 5.11. The second kappa shape index (κ2) is 6.78. The molecule has 0 amide bonds. The summed E-state index contributed by atoms with van der Waals surface area (Å²) in [6.45, 7) is 7.47. The molecule has 1 atom stereocenters. The van der Waals surface area contributed by atoms with Gasteiger partial charge < -0.3 is 19.7 Å². The van der Waals surface area contributed by atoms with Gasteiger partial charge in [-0.1, -0.05) is 12.1 Å². The molecule has 4 heteroatoms. The molecule has 4 nitrogen and oxygen atoms in total. The van der Waals surface area contributed by atoms with E-state index in [0.717, 1.165) is 32.1 Å². The van der Waals surface area contributed by atoms with Crippen LogP contribution in [0.15, 0.2) is 24.3 Å². The van der Waals surface area contributed by atoms with Crippen molar-refractivity contribution >= 4 is 5.69 Å². The van der Waals surface area contributed by atoms with Crippen molar-refractivity contribution < 1.29 is 9.47 Å².